The summed E-state index contributed by atoms with van der Waals surface area (Å²) >= 11 is 2.14. The van der Waals surface area contributed by atoms with E-state index in [4.69, 9.17) is 0 Å². The van der Waals surface area contributed by atoms with Crippen LogP contribution in [-0.2, 0) is 0 Å². The molecule has 0 aromatic heterocycles. The summed E-state index contributed by atoms with van der Waals surface area (Å²) in [6.07, 6.45) is 6.14. The van der Waals surface area contributed by atoms with Gasteiger partial charge in [-0.05, 0) is 36.5 Å². The molecular weight excluding hydrogens is 276 g/mol. The molecule has 4 rings (SSSR count). The van der Waals surface area contributed by atoms with Crippen molar-refractivity contribution in [1.29, 1.82) is 0 Å². The van der Waals surface area contributed by atoms with Crippen LogP contribution < -0.4 is 0 Å². The smallest absolute Gasteiger partial charge is 0.166 e. The van der Waals surface area contributed by atoms with Crippen molar-refractivity contribution in [3.05, 3.63) is 48.0 Å². The number of carbonyl (C=O) groups excluding carboxylic acids is 1. The minimum Gasteiger partial charge on any atom is -0.294 e. The minimum absolute atomic E-state index is 0.243. The van der Waals surface area contributed by atoms with Gasteiger partial charge < -0.3 is 0 Å². The summed E-state index contributed by atoms with van der Waals surface area (Å²) in [5.41, 5.74) is 0.933. The van der Waals surface area contributed by atoms with Gasteiger partial charge in [-0.15, -0.1) is 0 Å². The summed E-state index contributed by atoms with van der Waals surface area (Å²) in [6, 6.07) is 14.4. The standard InChI is InChI=1S/C19H20OS/c20-19(14-11-15-7-4-8-16(12-14)21-15)18-10-3-6-13-5-1-2-9-17(13)18/h1-3,5-6,9-10,14-16H,4,7-8,11-12H2. The number of ketones is 1. The van der Waals surface area contributed by atoms with Gasteiger partial charge in [0, 0.05) is 22.0 Å². The van der Waals surface area contributed by atoms with Crippen LogP contribution >= 0.6 is 11.8 Å². The minimum atomic E-state index is 0.243. The van der Waals surface area contributed by atoms with Gasteiger partial charge in [-0.2, -0.15) is 11.8 Å². The Kier molecular flexibility index (Phi) is 3.50. The first-order valence-corrected chi connectivity index (χ1v) is 8.93. The van der Waals surface area contributed by atoms with Gasteiger partial charge in [-0.1, -0.05) is 48.9 Å². The topological polar surface area (TPSA) is 17.1 Å². The molecule has 2 unspecified atom stereocenters. The lowest BCUT2D eigenvalue weighted by Gasteiger charge is -2.38. The van der Waals surface area contributed by atoms with E-state index in [1.165, 1.54) is 24.6 Å². The Labute approximate surface area is 130 Å². The zero-order valence-electron chi connectivity index (χ0n) is 12.1. The van der Waals surface area contributed by atoms with E-state index in [1.807, 2.05) is 24.3 Å². The molecule has 2 aromatic carbocycles. The maximum atomic E-state index is 13.0. The summed E-state index contributed by atoms with van der Waals surface area (Å²) in [4.78, 5) is 13.0. The van der Waals surface area contributed by atoms with Crippen molar-refractivity contribution < 1.29 is 4.79 Å². The van der Waals surface area contributed by atoms with Gasteiger partial charge in [-0.25, -0.2) is 0 Å². The van der Waals surface area contributed by atoms with Gasteiger partial charge in [0.25, 0.3) is 0 Å². The van der Waals surface area contributed by atoms with Crippen molar-refractivity contribution in [2.75, 3.05) is 0 Å². The van der Waals surface area contributed by atoms with Crippen LogP contribution in [0.15, 0.2) is 42.5 Å². The SMILES string of the molecule is O=C(c1cccc2ccccc12)C1CC2CCCC(C1)S2. The molecule has 2 aliphatic rings. The monoisotopic (exact) mass is 296 g/mol. The van der Waals surface area contributed by atoms with Gasteiger partial charge >= 0.3 is 0 Å². The van der Waals surface area contributed by atoms with E-state index >= 15 is 0 Å². The molecule has 2 fully saturated rings. The fraction of sp³-hybridized carbons (Fsp3) is 0.421. The Morgan fingerprint density at radius 2 is 1.67 bits per heavy atom. The molecule has 0 aliphatic carbocycles. The number of thioether (sulfide) groups is 1. The molecule has 2 aliphatic heterocycles. The van der Waals surface area contributed by atoms with E-state index < -0.39 is 0 Å². The summed E-state index contributed by atoms with van der Waals surface area (Å²) < 4.78 is 0. The van der Waals surface area contributed by atoms with Crippen molar-refractivity contribution in [2.45, 2.75) is 42.6 Å². The lowest BCUT2D eigenvalue weighted by Crippen LogP contribution is -2.33. The summed E-state index contributed by atoms with van der Waals surface area (Å²) in [5, 5.41) is 3.74. The Bertz CT molecular complexity index is 661. The van der Waals surface area contributed by atoms with E-state index in [1.54, 1.807) is 0 Å². The Hall–Kier alpha value is -1.28. The van der Waals surface area contributed by atoms with Crippen LogP contribution in [0.5, 0.6) is 0 Å². The van der Waals surface area contributed by atoms with E-state index in [0.29, 0.717) is 5.78 Å². The van der Waals surface area contributed by atoms with Crippen LogP contribution in [0.25, 0.3) is 10.8 Å². The molecular formula is C19H20OS. The van der Waals surface area contributed by atoms with Crippen molar-refractivity contribution in [2.24, 2.45) is 5.92 Å². The molecule has 0 saturated carbocycles. The lowest BCUT2D eigenvalue weighted by molar-refractivity contribution is 0.0898. The fourth-order valence-corrected chi connectivity index (χ4v) is 5.77. The predicted molar refractivity (Wildman–Crippen MR) is 90.0 cm³/mol. The van der Waals surface area contributed by atoms with Crippen molar-refractivity contribution in [3.63, 3.8) is 0 Å². The average molecular weight is 296 g/mol. The van der Waals surface area contributed by atoms with Gasteiger partial charge in [0.2, 0.25) is 0 Å². The number of hydrogen-bond acceptors (Lipinski definition) is 2. The number of rotatable bonds is 2. The summed E-state index contributed by atoms with van der Waals surface area (Å²) in [6.45, 7) is 0. The first-order chi connectivity index (χ1) is 10.3. The molecule has 2 aromatic rings. The second-order valence-corrected chi connectivity index (χ2v) is 7.98. The van der Waals surface area contributed by atoms with E-state index in [2.05, 4.69) is 30.0 Å². The molecule has 2 heteroatoms. The van der Waals surface area contributed by atoms with Crippen LogP contribution in [0.2, 0.25) is 0 Å². The number of benzene rings is 2. The number of carbonyl (C=O) groups is 1. The molecule has 1 nitrogen and oxygen atoms in total. The molecule has 21 heavy (non-hydrogen) atoms. The third kappa shape index (κ3) is 2.50. The second-order valence-electron chi connectivity index (χ2n) is 6.37. The third-order valence-electron chi connectivity index (χ3n) is 4.96. The Morgan fingerprint density at radius 1 is 0.952 bits per heavy atom. The van der Waals surface area contributed by atoms with Crippen LogP contribution in [0, 0.1) is 5.92 Å². The molecule has 0 amide bonds. The lowest BCUT2D eigenvalue weighted by atomic mass is 9.83. The largest absolute Gasteiger partial charge is 0.294 e. The first-order valence-electron chi connectivity index (χ1n) is 7.99. The van der Waals surface area contributed by atoms with E-state index in [-0.39, 0.29) is 5.92 Å². The molecule has 0 spiro atoms. The highest BCUT2D eigenvalue weighted by Crippen LogP contribution is 2.44. The average Bonchev–Trinajstić information content (AvgIpc) is 2.53. The quantitative estimate of drug-likeness (QED) is 0.718. The van der Waals surface area contributed by atoms with Crippen LogP contribution in [-0.4, -0.2) is 16.3 Å². The highest BCUT2D eigenvalue weighted by atomic mass is 32.2. The Morgan fingerprint density at radius 3 is 2.48 bits per heavy atom. The highest BCUT2D eigenvalue weighted by Gasteiger charge is 2.36. The van der Waals surface area contributed by atoms with Crippen LogP contribution in [0.1, 0.15) is 42.5 Å². The normalized spacial score (nSPS) is 28.5. The summed E-state index contributed by atoms with van der Waals surface area (Å²) in [7, 11) is 0. The third-order valence-corrected chi connectivity index (χ3v) is 6.58. The number of fused-ring (bicyclic) bond motifs is 3. The van der Waals surface area contributed by atoms with Gasteiger partial charge in [-0.3, -0.25) is 4.79 Å². The zero-order chi connectivity index (χ0) is 14.2. The van der Waals surface area contributed by atoms with Gasteiger partial charge in [0.15, 0.2) is 5.78 Å². The molecule has 108 valence electrons. The fourth-order valence-electron chi connectivity index (χ4n) is 3.93. The summed E-state index contributed by atoms with van der Waals surface area (Å²) in [5.74, 6) is 0.622. The predicted octanol–water partition coefficient (Wildman–Crippen LogP) is 5.09. The molecule has 2 bridgehead atoms. The first kappa shape index (κ1) is 13.4. The van der Waals surface area contributed by atoms with E-state index in [9.17, 15) is 4.79 Å². The van der Waals surface area contributed by atoms with Gasteiger partial charge in [0.05, 0.1) is 0 Å². The van der Waals surface area contributed by atoms with Crippen LogP contribution in [0.3, 0.4) is 0 Å². The maximum absolute atomic E-state index is 13.0. The highest BCUT2D eigenvalue weighted by molar-refractivity contribution is 8.00. The molecule has 2 saturated heterocycles. The van der Waals surface area contributed by atoms with Crippen LogP contribution in [0.4, 0.5) is 0 Å². The maximum Gasteiger partial charge on any atom is 0.166 e. The van der Waals surface area contributed by atoms with Crippen molar-refractivity contribution in [3.8, 4) is 0 Å². The van der Waals surface area contributed by atoms with Gasteiger partial charge in [0.1, 0.15) is 0 Å². The van der Waals surface area contributed by atoms with E-state index in [0.717, 1.165) is 34.3 Å². The van der Waals surface area contributed by atoms with Crippen molar-refractivity contribution in [1.82, 2.24) is 0 Å². The number of hydrogen-bond donors (Lipinski definition) is 0. The molecule has 2 atom stereocenters. The zero-order valence-corrected chi connectivity index (χ0v) is 12.9. The van der Waals surface area contributed by atoms with Crippen molar-refractivity contribution >= 4 is 28.3 Å². The molecule has 2 heterocycles. The molecule has 0 N–H and O–H groups in total. The second kappa shape index (κ2) is 5.49. The molecule has 0 radical (unpaired) electrons. The Balaban J connectivity index is 1.67. The number of Topliss-reactive ketones (excluding diaryl/α,β-unsaturated/α-hetero) is 1.